The molecule has 0 aliphatic carbocycles. The summed E-state index contributed by atoms with van der Waals surface area (Å²) >= 11 is 0. The maximum absolute atomic E-state index is 5.95. The molecule has 2 rings (SSSR count). The van der Waals surface area contributed by atoms with Gasteiger partial charge in [0, 0.05) is 6.42 Å². The Morgan fingerprint density at radius 2 is 2.00 bits per heavy atom. The second-order valence-electron chi connectivity index (χ2n) is 5.27. The first-order valence-corrected chi connectivity index (χ1v) is 7.66. The molecule has 0 spiro atoms. The topological polar surface area (TPSA) is 34.4 Å². The molecule has 1 atom stereocenters. The van der Waals surface area contributed by atoms with Gasteiger partial charge in [0.25, 0.3) is 0 Å². The number of hydrogen-bond donors (Lipinski definition) is 1. The van der Waals surface area contributed by atoms with Crippen molar-refractivity contribution in [3.05, 3.63) is 53.0 Å². The highest BCUT2D eigenvalue weighted by molar-refractivity contribution is 5.40. The van der Waals surface area contributed by atoms with Gasteiger partial charge in [-0.15, -0.1) is 0 Å². The van der Waals surface area contributed by atoms with E-state index in [9.17, 15) is 0 Å². The van der Waals surface area contributed by atoms with Gasteiger partial charge in [-0.3, -0.25) is 0 Å². The van der Waals surface area contributed by atoms with Crippen molar-refractivity contribution < 1.29 is 9.15 Å². The van der Waals surface area contributed by atoms with E-state index in [2.05, 4.69) is 56.4 Å². The Labute approximate surface area is 127 Å². The average Bonchev–Trinajstić information content (AvgIpc) is 2.98. The Hall–Kier alpha value is -1.74. The quantitative estimate of drug-likeness (QED) is 0.826. The van der Waals surface area contributed by atoms with Crippen LogP contribution in [0.15, 0.2) is 34.7 Å². The van der Waals surface area contributed by atoms with Crippen molar-refractivity contribution in [1.29, 1.82) is 0 Å². The van der Waals surface area contributed by atoms with Gasteiger partial charge < -0.3 is 14.5 Å². The van der Waals surface area contributed by atoms with Gasteiger partial charge in [-0.2, -0.15) is 0 Å². The minimum atomic E-state index is 0.0692. The molecule has 0 saturated heterocycles. The lowest BCUT2D eigenvalue weighted by Gasteiger charge is -2.18. The second kappa shape index (κ2) is 7.32. The fourth-order valence-electron chi connectivity index (χ4n) is 2.43. The molecule has 0 aliphatic heterocycles. The zero-order valence-corrected chi connectivity index (χ0v) is 13.4. The molecule has 1 aromatic carbocycles. The maximum atomic E-state index is 5.95. The number of rotatable bonds is 7. The minimum Gasteiger partial charge on any atom is -0.496 e. The summed E-state index contributed by atoms with van der Waals surface area (Å²) in [6.07, 6.45) is 2.00. The van der Waals surface area contributed by atoms with Crippen LogP contribution in [-0.4, -0.2) is 13.7 Å². The fourth-order valence-corrected chi connectivity index (χ4v) is 2.43. The third kappa shape index (κ3) is 3.67. The van der Waals surface area contributed by atoms with Gasteiger partial charge in [-0.1, -0.05) is 26.0 Å². The number of ether oxygens (including phenoxy) is 1. The van der Waals surface area contributed by atoms with Gasteiger partial charge in [-0.25, -0.2) is 0 Å². The van der Waals surface area contributed by atoms with Gasteiger partial charge in [0.2, 0.25) is 0 Å². The van der Waals surface area contributed by atoms with Gasteiger partial charge in [-0.05, 0) is 49.2 Å². The third-order valence-electron chi connectivity index (χ3n) is 3.68. The molecule has 3 nitrogen and oxygen atoms in total. The van der Waals surface area contributed by atoms with Crippen LogP contribution in [0.1, 0.15) is 49.0 Å². The van der Waals surface area contributed by atoms with Crippen LogP contribution in [0.25, 0.3) is 0 Å². The number of furan rings is 1. The van der Waals surface area contributed by atoms with Crippen LogP contribution >= 0.6 is 0 Å². The third-order valence-corrected chi connectivity index (χ3v) is 3.68. The molecule has 0 bridgehead atoms. The summed E-state index contributed by atoms with van der Waals surface area (Å²) in [5.41, 5.74) is 2.31. The molecule has 1 unspecified atom stereocenters. The summed E-state index contributed by atoms with van der Waals surface area (Å²) in [7, 11) is 1.71. The highest BCUT2D eigenvalue weighted by Crippen LogP contribution is 2.28. The van der Waals surface area contributed by atoms with Gasteiger partial charge in [0.05, 0.1) is 13.2 Å². The zero-order chi connectivity index (χ0) is 15.2. The minimum absolute atomic E-state index is 0.0692. The van der Waals surface area contributed by atoms with Crippen LogP contribution in [0.2, 0.25) is 0 Å². The predicted octanol–water partition coefficient (Wildman–Crippen LogP) is 4.25. The Morgan fingerprint density at radius 3 is 2.62 bits per heavy atom. The van der Waals surface area contributed by atoms with E-state index in [1.807, 2.05) is 0 Å². The molecule has 2 aromatic rings. The Balaban J connectivity index is 2.34. The van der Waals surface area contributed by atoms with Crippen LogP contribution in [0, 0.1) is 6.92 Å². The van der Waals surface area contributed by atoms with Crippen molar-refractivity contribution in [2.45, 2.75) is 39.7 Å². The standard InChI is InChI=1S/C18H25NO2/c1-5-11-19-18(16-10-9-15(6-2)21-16)14-8-7-13(3)17(12-14)20-4/h7-10,12,18-19H,5-6,11H2,1-4H3. The SMILES string of the molecule is CCCNC(c1ccc(C)c(OC)c1)c1ccc(CC)o1. The number of benzene rings is 1. The van der Waals surface area contributed by atoms with Gasteiger partial charge in [0.1, 0.15) is 17.3 Å². The lowest BCUT2D eigenvalue weighted by molar-refractivity contribution is 0.405. The monoisotopic (exact) mass is 287 g/mol. The Morgan fingerprint density at radius 1 is 1.19 bits per heavy atom. The highest BCUT2D eigenvalue weighted by Gasteiger charge is 2.18. The number of methoxy groups -OCH3 is 1. The largest absolute Gasteiger partial charge is 0.496 e. The molecule has 0 fully saturated rings. The molecular weight excluding hydrogens is 262 g/mol. The number of hydrogen-bond acceptors (Lipinski definition) is 3. The number of aryl methyl sites for hydroxylation is 2. The molecule has 0 saturated carbocycles. The lowest BCUT2D eigenvalue weighted by Crippen LogP contribution is -2.22. The van der Waals surface area contributed by atoms with E-state index in [1.165, 1.54) is 5.56 Å². The first kappa shape index (κ1) is 15.6. The molecule has 114 valence electrons. The molecule has 0 aliphatic rings. The van der Waals surface area contributed by atoms with Crippen molar-refractivity contribution in [3.63, 3.8) is 0 Å². The zero-order valence-electron chi connectivity index (χ0n) is 13.4. The fraction of sp³-hybridized carbons (Fsp3) is 0.444. The molecule has 0 radical (unpaired) electrons. The van der Waals surface area contributed by atoms with Gasteiger partial charge in [0.15, 0.2) is 0 Å². The van der Waals surface area contributed by atoms with E-state index < -0.39 is 0 Å². The van der Waals surface area contributed by atoms with E-state index in [4.69, 9.17) is 9.15 Å². The average molecular weight is 287 g/mol. The second-order valence-corrected chi connectivity index (χ2v) is 5.27. The summed E-state index contributed by atoms with van der Waals surface area (Å²) in [6, 6.07) is 10.5. The van der Waals surface area contributed by atoms with Crippen LogP contribution in [-0.2, 0) is 6.42 Å². The normalized spacial score (nSPS) is 12.4. The van der Waals surface area contributed by atoms with Crippen molar-refractivity contribution in [2.75, 3.05) is 13.7 Å². The van der Waals surface area contributed by atoms with Crippen molar-refractivity contribution in [2.24, 2.45) is 0 Å². The van der Waals surface area contributed by atoms with Crippen molar-refractivity contribution >= 4 is 0 Å². The van der Waals surface area contributed by atoms with Crippen LogP contribution in [0.5, 0.6) is 5.75 Å². The molecule has 0 amide bonds. The smallest absolute Gasteiger partial charge is 0.125 e. The van der Waals surface area contributed by atoms with Gasteiger partial charge >= 0.3 is 0 Å². The maximum Gasteiger partial charge on any atom is 0.125 e. The molecule has 1 N–H and O–H groups in total. The van der Waals surface area contributed by atoms with Crippen LogP contribution in [0.3, 0.4) is 0 Å². The number of nitrogens with one attached hydrogen (secondary N) is 1. The Kier molecular flexibility index (Phi) is 5.45. The first-order valence-electron chi connectivity index (χ1n) is 7.66. The Bertz CT molecular complexity index is 574. The lowest BCUT2D eigenvalue weighted by atomic mass is 10.0. The summed E-state index contributed by atoms with van der Waals surface area (Å²) < 4.78 is 11.4. The molecule has 3 heteroatoms. The predicted molar refractivity (Wildman–Crippen MR) is 86.0 cm³/mol. The molecule has 1 aromatic heterocycles. The van der Waals surface area contributed by atoms with E-state index in [0.29, 0.717) is 0 Å². The van der Waals surface area contributed by atoms with Crippen LogP contribution in [0.4, 0.5) is 0 Å². The van der Waals surface area contributed by atoms with E-state index >= 15 is 0 Å². The van der Waals surface area contributed by atoms with Crippen molar-refractivity contribution in [3.8, 4) is 5.75 Å². The van der Waals surface area contributed by atoms with Crippen molar-refractivity contribution in [1.82, 2.24) is 5.32 Å². The van der Waals surface area contributed by atoms with E-state index in [1.54, 1.807) is 7.11 Å². The summed E-state index contributed by atoms with van der Waals surface area (Å²) in [5.74, 6) is 2.90. The summed E-state index contributed by atoms with van der Waals surface area (Å²) in [6.45, 7) is 7.27. The van der Waals surface area contributed by atoms with E-state index in [-0.39, 0.29) is 6.04 Å². The highest BCUT2D eigenvalue weighted by atomic mass is 16.5. The summed E-state index contributed by atoms with van der Waals surface area (Å²) in [4.78, 5) is 0. The molecule has 21 heavy (non-hydrogen) atoms. The molecular formula is C18H25NO2. The van der Waals surface area contributed by atoms with E-state index in [0.717, 1.165) is 42.2 Å². The summed E-state index contributed by atoms with van der Waals surface area (Å²) in [5, 5.41) is 3.56. The molecule has 1 heterocycles. The van der Waals surface area contributed by atoms with Crippen LogP contribution < -0.4 is 10.1 Å². The first-order chi connectivity index (χ1) is 10.2.